The number of likely N-dealkylation sites (tertiary alicyclic amines) is 1. The van der Waals surface area contributed by atoms with Gasteiger partial charge in [0.15, 0.2) is 0 Å². The number of piperidine rings is 1. The van der Waals surface area contributed by atoms with Crippen molar-refractivity contribution >= 4 is 0 Å². The molecule has 7 heteroatoms. The van der Waals surface area contributed by atoms with Crippen molar-refractivity contribution in [3.05, 3.63) is 71.4 Å². The van der Waals surface area contributed by atoms with Crippen LogP contribution in [0.2, 0.25) is 0 Å². The van der Waals surface area contributed by atoms with E-state index in [1.165, 1.54) is 11.6 Å². The third-order valence-electron chi connectivity index (χ3n) is 5.37. The van der Waals surface area contributed by atoms with Crippen molar-refractivity contribution in [1.82, 2.24) is 14.9 Å². The second kappa shape index (κ2) is 7.99. The van der Waals surface area contributed by atoms with Crippen LogP contribution in [0, 0.1) is 6.92 Å². The molecule has 29 heavy (non-hydrogen) atoms. The molecule has 1 saturated heterocycles. The zero-order chi connectivity index (χ0) is 20.4. The summed E-state index contributed by atoms with van der Waals surface area (Å²) in [6.07, 6.45) is 2.57. The molecule has 0 bridgehead atoms. The lowest BCUT2D eigenvalue weighted by atomic mass is 9.96. The summed E-state index contributed by atoms with van der Waals surface area (Å²) in [7, 11) is 0. The number of rotatable bonds is 4. The van der Waals surface area contributed by atoms with E-state index in [2.05, 4.69) is 20.9 Å². The van der Waals surface area contributed by atoms with Crippen molar-refractivity contribution in [2.24, 2.45) is 0 Å². The quantitative estimate of drug-likeness (QED) is 0.555. The second-order valence-corrected chi connectivity index (χ2v) is 7.37. The molecule has 2 aromatic heterocycles. The summed E-state index contributed by atoms with van der Waals surface area (Å²) < 4.78 is 44.8. The van der Waals surface area contributed by atoms with Gasteiger partial charge >= 0.3 is 6.18 Å². The average molecular weight is 401 g/mol. The molecular formula is C22H22F3N3O. The van der Waals surface area contributed by atoms with Crippen LogP contribution in [0.3, 0.4) is 0 Å². The molecule has 1 aliphatic heterocycles. The average Bonchev–Trinajstić information content (AvgIpc) is 3.09. The van der Waals surface area contributed by atoms with Gasteiger partial charge < -0.3 is 4.42 Å². The largest absolute Gasteiger partial charge is 0.441 e. The predicted octanol–water partition coefficient (Wildman–Crippen LogP) is 5.79. The maximum atomic E-state index is 13.0. The molecule has 3 heterocycles. The van der Waals surface area contributed by atoms with Crippen molar-refractivity contribution in [3.63, 3.8) is 0 Å². The Morgan fingerprint density at radius 3 is 2.79 bits per heavy atom. The molecule has 1 fully saturated rings. The normalized spacial score (nSPS) is 18.1. The minimum atomic E-state index is -4.40. The molecule has 0 unspecified atom stereocenters. The minimum Gasteiger partial charge on any atom is -0.441 e. The second-order valence-electron chi connectivity index (χ2n) is 7.37. The van der Waals surface area contributed by atoms with E-state index in [1.807, 2.05) is 19.2 Å². The molecular weight excluding hydrogens is 379 g/mol. The van der Waals surface area contributed by atoms with Crippen molar-refractivity contribution in [2.45, 2.75) is 44.9 Å². The molecule has 1 aromatic carbocycles. The number of alkyl halides is 3. The van der Waals surface area contributed by atoms with Crippen LogP contribution >= 0.6 is 0 Å². The molecule has 0 N–H and O–H groups in total. The Hall–Kier alpha value is -2.67. The number of benzene rings is 1. The monoisotopic (exact) mass is 401 g/mol. The highest BCUT2D eigenvalue weighted by Crippen LogP contribution is 2.34. The molecule has 4 nitrogen and oxygen atoms in total. The highest BCUT2D eigenvalue weighted by molar-refractivity contribution is 5.55. The van der Waals surface area contributed by atoms with Crippen LogP contribution in [-0.4, -0.2) is 21.4 Å². The van der Waals surface area contributed by atoms with Crippen LogP contribution in [0.4, 0.5) is 13.2 Å². The fourth-order valence-corrected chi connectivity index (χ4v) is 3.85. The van der Waals surface area contributed by atoms with Crippen LogP contribution in [0.5, 0.6) is 0 Å². The topological polar surface area (TPSA) is 42.2 Å². The summed E-state index contributed by atoms with van der Waals surface area (Å²) in [5.74, 6) is 0.853. The van der Waals surface area contributed by atoms with Crippen LogP contribution in [0.15, 0.2) is 53.2 Å². The lowest BCUT2D eigenvalue weighted by Gasteiger charge is -2.35. The molecule has 0 spiro atoms. The van der Waals surface area contributed by atoms with E-state index in [4.69, 9.17) is 4.42 Å². The zero-order valence-corrected chi connectivity index (χ0v) is 16.1. The number of hydrogen-bond donors (Lipinski definition) is 0. The van der Waals surface area contributed by atoms with E-state index < -0.39 is 11.7 Å². The molecule has 0 aliphatic carbocycles. The van der Waals surface area contributed by atoms with E-state index in [9.17, 15) is 13.2 Å². The molecule has 0 radical (unpaired) electrons. The number of aromatic nitrogens is 2. The van der Waals surface area contributed by atoms with Crippen LogP contribution in [-0.2, 0) is 12.7 Å². The summed E-state index contributed by atoms with van der Waals surface area (Å²) in [5.41, 5.74) is 1.55. The van der Waals surface area contributed by atoms with E-state index in [0.29, 0.717) is 17.9 Å². The third kappa shape index (κ3) is 4.34. The van der Waals surface area contributed by atoms with Gasteiger partial charge in [-0.1, -0.05) is 18.6 Å². The van der Waals surface area contributed by atoms with E-state index >= 15 is 0 Å². The van der Waals surface area contributed by atoms with E-state index in [1.54, 1.807) is 12.3 Å². The molecule has 0 amide bonds. The maximum Gasteiger partial charge on any atom is 0.416 e. The van der Waals surface area contributed by atoms with Gasteiger partial charge in [-0.3, -0.25) is 9.88 Å². The van der Waals surface area contributed by atoms with Gasteiger partial charge in [0, 0.05) is 30.5 Å². The Bertz CT molecular complexity index is 969. The third-order valence-corrected chi connectivity index (χ3v) is 5.37. The summed E-state index contributed by atoms with van der Waals surface area (Å²) in [5, 5.41) is 0. The fourth-order valence-electron chi connectivity index (χ4n) is 3.85. The Labute approximate surface area is 167 Å². The molecule has 0 saturated carbocycles. The summed E-state index contributed by atoms with van der Waals surface area (Å²) in [6.45, 7) is 3.33. The summed E-state index contributed by atoms with van der Waals surface area (Å²) in [4.78, 5) is 11.1. The van der Waals surface area contributed by atoms with E-state index in [0.717, 1.165) is 43.6 Å². The number of aryl methyl sites for hydroxylation is 1. The first-order chi connectivity index (χ1) is 13.9. The SMILES string of the molecule is Cc1oc(-c2cccc(C(F)(F)F)c2)nc1CN1CCCC[C@@H]1c1cccnc1. The maximum absolute atomic E-state index is 13.0. The number of halogens is 3. The van der Waals surface area contributed by atoms with Gasteiger partial charge in [-0.25, -0.2) is 4.98 Å². The molecule has 1 atom stereocenters. The molecule has 4 rings (SSSR count). The van der Waals surface area contributed by atoms with Crippen molar-refractivity contribution < 1.29 is 17.6 Å². The van der Waals surface area contributed by atoms with Crippen molar-refractivity contribution in [2.75, 3.05) is 6.54 Å². The smallest absolute Gasteiger partial charge is 0.416 e. The minimum absolute atomic E-state index is 0.221. The number of hydrogen-bond acceptors (Lipinski definition) is 4. The summed E-state index contributed by atoms with van der Waals surface area (Å²) in [6, 6.07) is 9.37. The first kappa shape index (κ1) is 19.6. The number of oxazole rings is 1. The van der Waals surface area contributed by atoms with Gasteiger partial charge in [-0.05, 0) is 56.1 Å². The lowest BCUT2D eigenvalue weighted by molar-refractivity contribution is -0.137. The van der Waals surface area contributed by atoms with Gasteiger partial charge in [-0.2, -0.15) is 13.2 Å². The first-order valence-corrected chi connectivity index (χ1v) is 9.70. The summed E-state index contributed by atoms with van der Waals surface area (Å²) >= 11 is 0. The van der Waals surface area contributed by atoms with Gasteiger partial charge in [0.2, 0.25) is 5.89 Å². The Balaban J connectivity index is 1.58. The van der Waals surface area contributed by atoms with Gasteiger partial charge in [0.05, 0.1) is 11.3 Å². The zero-order valence-electron chi connectivity index (χ0n) is 16.1. The van der Waals surface area contributed by atoms with Gasteiger partial charge in [0.1, 0.15) is 5.76 Å². The highest BCUT2D eigenvalue weighted by Gasteiger charge is 2.31. The van der Waals surface area contributed by atoms with Gasteiger partial charge in [-0.15, -0.1) is 0 Å². The van der Waals surface area contributed by atoms with Crippen molar-refractivity contribution in [1.29, 1.82) is 0 Å². The highest BCUT2D eigenvalue weighted by atomic mass is 19.4. The van der Waals surface area contributed by atoms with Crippen LogP contribution < -0.4 is 0 Å². The predicted molar refractivity (Wildman–Crippen MR) is 103 cm³/mol. The van der Waals surface area contributed by atoms with Crippen LogP contribution in [0.1, 0.15) is 47.9 Å². The van der Waals surface area contributed by atoms with E-state index in [-0.39, 0.29) is 11.9 Å². The Morgan fingerprint density at radius 2 is 2.03 bits per heavy atom. The Morgan fingerprint density at radius 1 is 1.17 bits per heavy atom. The van der Waals surface area contributed by atoms with Gasteiger partial charge in [0.25, 0.3) is 0 Å². The Kier molecular flexibility index (Phi) is 5.41. The first-order valence-electron chi connectivity index (χ1n) is 9.70. The lowest BCUT2D eigenvalue weighted by Crippen LogP contribution is -2.33. The number of nitrogens with zero attached hydrogens (tertiary/aromatic N) is 3. The van der Waals surface area contributed by atoms with Crippen LogP contribution in [0.25, 0.3) is 11.5 Å². The molecule has 3 aromatic rings. The van der Waals surface area contributed by atoms with Crippen molar-refractivity contribution in [3.8, 4) is 11.5 Å². The number of pyridine rings is 1. The molecule has 1 aliphatic rings. The standard InChI is InChI=1S/C22H22F3N3O/c1-15-19(14-28-11-3-2-9-20(28)17-7-5-10-26-13-17)27-21(29-15)16-6-4-8-18(12-16)22(23,24)25/h4-8,10,12-13,20H,2-3,9,11,14H2,1H3/t20-/m1/s1. The fraction of sp³-hybridized carbons (Fsp3) is 0.364. The molecule has 152 valence electrons.